The molecule has 5 amide bonds. The lowest BCUT2D eigenvalue weighted by Crippen LogP contribution is -2.41. The molecule has 23 nitrogen and oxygen atoms in total. The van der Waals surface area contributed by atoms with Crippen LogP contribution in [0, 0.1) is 41.5 Å². The van der Waals surface area contributed by atoms with Crippen LogP contribution < -0.4 is 37.8 Å². The SMILES string of the molecule is Brc1ccc(-c2ccccc2)s1.CC1(C)OB(c2ccc3c(c2)NC(=O)C3)OC1(C)C.CCN(CC)CCN.CCN(CC)CCNC(=O)c1c(C)[nH]c(/C=C2\C(=O)Nc3cc(-c4ccc(-c5ccccc5)s4)ccc32)c1C.Cc1[nH]c(/C=C2\C(=O)Nc3cc(-c4ccc(-c5ccccc5)s4)ccc32)c(C)c1C(=O)O.Cc1[nH]c(C=O)c(C)c1C(=O)O.O=C1Cc2ccc(-c3ccc(-c4ccccc4)s3)cc2N1. The van der Waals surface area contributed by atoms with Crippen molar-refractivity contribution >= 4 is 168 Å². The van der Waals surface area contributed by atoms with Crippen molar-refractivity contribution in [2.75, 3.05) is 73.6 Å². The molecule has 5 aliphatic rings. The van der Waals surface area contributed by atoms with Crippen molar-refractivity contribution in [1.82, 2.24) is 30.1 Å². The predicted molar refractivity (Wildman–Crippen MR) is 590 cm³/mol. The summed E-state index contributed by atoms with van der Waals surface area (Å²) >= 11 is 10.4. The maximum absolute atomic E-state index is 13.0. The van der Waals surface area contributed by atoms with Gasteiger partial charge >= 0.3 is 19.1 Å². The van der Waals surface area contributed by atoms with Crippen LogP contribution in [0.1, 0.15) is 164 Å². The van der Waals surface area contributed by atoms with Gasteiger partial charge in [-0.05, 0) is 269 Å². The molecule has 0 radical (unpaired) electrons. The van der Waals surface area contributed by atoms with Crippen molar-refractivity contribution in [2.24, 2.45) is 5.73 Å². The van der Waals surface area contributed by atoms with E-state index in [-0.39, 0.29) is 59.0 Å². The number of H-pyrrole nitrogens is 3. The summed E-state index contributed by atoms with van der Waals surface area (Å²) in [5.41, 5.74) is 28.7. The molecule has 0 saturated carbocycles. The van der Waals surface area contributed by atoms with Crippen molar-refractivity contribution in [1.29, 1.82) is 0 Å². The van der Waals surface area contributed by atoms with Gasteiger partial charge in [-0.1, -0.05) is 198 Å². The monoisotopic (exact) mass is 2050 g/mol. The van der Waals surface area contributed by atoms with E-state index in [1.165, 1.54) is 50.4 Å². The molecular formula is C114H117BBrN11O12S4. The number of nitrogens with zero attached hydrogens (tertiary/aromatic N) is 2. The number of fused-ring (bicyclic) bond motifs is 4. The maximum atomic E-state index is 13.0. The fourth-order valence-electron chi connectivity index (χ4n) is 17.2. The lowest BCUT2D eigenvalue weighted by atomic mass is 9.78. The summed E-state index contributed by atoms with van der Waals surface area (Å²) in [5.74, 6) is -2.29. The average Bonchev–Trinajstić information content (AvgIpc) is 1.62. The van der Waals surface area contributed by atoms with Crippen LogP contribution in [0.15, 0.2) is 246 Å². The number of hydrogen-bond donors (Lipinski definition) is 11. The Morgan fingerprint density at radius 1 is 0.427 bits per heavy atom. The van der Waals surface area contributed by atoms with Gasteiger partial charge in [0.15, 0.2) is 6.29 Å². The third kappa shape index (κ3) is 25.3. The number of aryl methyl sites for hydroxylation is 3. The van der Waals surface area contributed by atoms with Gasteiger partial charge in [0.25, 0.3) is 17.7 Å². The summed E-state index contributed by atoms with van der Waals surface area (Å²) in [4.78, 5) is 116. The first-order valence-electron chi connectivity index (χ1n) is 47.4. The Morgan fingerprint density at radius 3 is 1.13 bits per heavy atom. The van der Waals surface area contributed by atoms with Gasteiger partial charge < -0.3 is 76.6 Å². The number of amides is 5. The van der Waals surface area contributed by atoms with E-state index in [0.717, 1.165) is 140 Å². The van der Waals surface area contributed by atoms with E-state index < -0.39 is 11.9 Å². The number of halogens is 1. The molecule has 15 aromatic rings. The molecule has 8 aromatic carbocycles. The van der Waals surface area contributed by atoms with E-state index in [0.29, 0.717) is 76.3 Å². The van der Waals surface area contributed by atoms with Crippen LogP contribution in [-0.2, 0) is 41.3 Å². The van der Waals surface area contributed by atoms with Gasteiger partial charge in [-0.2, -0.15) is 0 Å². The Morgan fingerprint density at radius 2 is 0.769 bits per heavy atom. The molecule has 7 aromatic heterocycles. The first-order chi connectivity index (χ1) is 68.7. The Bertz CT molecular complexity index is 7210. The highest BCUT2D eigenvalue weighted by molar-refractivity contribution is 9.11. The number of aromatic amines is 3. The molecule has 1 saturated heterocycles. The summed E-state index contributed by atoms with van der Waals surface area (Å²) in [6, 6.07) is 82.5. The molecule has 0 bridgehead atoms. The number of nitrogens with one attached hydrogen (secondary N) is 8. The smallest absolute Gasteiger partial charge is 0.478 e. The van der Waals surface area contributed by atoms with Gasteiger partial charge in [0.05, 0.1) is 61.4 Å². The molecule has 1 fully saturated rings. The molecule has 0 spiro atoms. The number of carboxylic acids is 2. The van der Waals surface area contributed by atoms with E-state index in [1.54, 1.807) is 79.1 Å². The second kappa shape index (κ2) is 47.4. The zero-order valence-corrected chi connectivity index (χ0v) is 87.3. The molecule has 12 heterocycles. The number of aromatic nitrogens is 3. The number of aldehydes is 1. The van der Waals surface area contributed by atoms with E-state index >= 15 is 0 Å². The zero-order valence-electron chi connectivity index (χ0n) is 82.4. The van der Waals surface area contributed by atoms with Crippen molar-refractivity contribution in [2.45, 2.75) is 121 Å². The fraction of sp³-hybridized carbons (Fsp3) is 0.228. The first-order valence-corrected chi connectivity index (χ1v) is 51.5. The van der Waals surface area contributed by atoms with Crippen LogP contribution in [0.4, 0.5) is 22.7 Å². The number of thiophene rings is 4. The number of nitrogens with two attached hydrogens (primary N) is 1. The number of aromatic carboxylic acids is 2. The summed E-state index contributed by atoms with van der Waals surface area (Å²) in [5, 5.41) is 32.9. The predicted octanol–water partition coefficient (Wildman–Crippen LogP) is 24.5. The molecule has 29 heteroatoms. The summed E-state index contributed by atoms with van der Waals surface area (Å²) in [6.07, 6.45) is 5.16. The Labute approximate surface area is 858 Å². The Hall–Kier alpha value is -13.8. The van der Waals surface area contributed by atoms with Crippen LogP contribution >= 0.6 is 61.3 Å². The number of likely N-dealkylation sites (N-methyl/N-ethyl adjacent to an activating group) is 2. The molecule has 734 valence electrons. The zero-order chi connectivity index (χ0) is 102. The second-order valence-electron chi connectivity index (χ2n) is 35.7. The summed E-state index contributed by atoms with van der Waals surface area (Å²) in [7, 11) is -0.382. The molecule has 143 heavy (non-hydrogen) atoms. The second-order valence-corrected chi connectivity index (χ2v) is 41.5. The van der Waals surface area contributed by atoms with Gasteiger partial charge in [-0.25, -0.2) is 9.59 Å². The lowest BCUT2D eigenvalue weighted by Gasteiger charge is -2.32. The molecule has 12 N–H and O–H groups in total. The lowest BCUT2D eigenvalue weighted by molar-refractivity contribution is -0.115. The minimum absolute atomic E-state index is 0.0427. The van der Waals surface area contributed by atoms with Crippen LogP contribution in [0.5, 0.6) is 0 Å². The maximum Gasteiger partial charge on any atom is 0.494 e. The van der Waals surface area contributed by atoms with Gasteiger partial charge in [-0.3, -0.25) is 28.8 Å². The third-order valence-electron chi connectivity index (χ3n) is 25.8. The number of benzene rings is 8. The topological polar surface area (TPSA) is 335 Å². The third-order valence-corrected chi connectivity index (χ3v) is 31.1. The number of carbonyl (C=O) groups excluding carboxylic acids is 6. The highest BCUT2D eigenvalue weighted by Gasteiger charge is 2.52. The van der Waals surface area contributed by atoms with Crippen molar-refractivity contribution in [3.63, 3.8) is 0 Å². The minimum atomic E-state index is -1.01. The average molecular weight is 2050 g/mol. The standard InChI is InChI=1S/C32H34N4O2S.C26H20N2O3S.C18H13NOS.C14H18BNO3.C10H7BrS.C8H9NO3.C6H16N2/c1-5-36(6-2)17-16-33-32(38)30-20(3)26(34-21(30)4)19-25-24-13-12-23(18-27(24)35-31(25)37)29-15-14-28(39-29)22-10-8-7-9-11-22;1-14-20(27-15(2)24(14)26(30)31)13-19-18-9-8-17(12-21(18)28-25(19)29)23-11-10-22(32-23)16-6-4-3-5-7-16;20-18-11-13-6-7-14(10-15(13)19-18)17-9-8-16(21-17)12-4-2-1-3-5-12;1-13(2)14(3,4)19-15(18-13)10-6-5-9-7-12(17)16-11(9)8-10;11-10-7-6-9(12-10)8-4-2-1-3-5-8;1-4-6(3-10)9-5(2)7(4)8(11)12;1-3-8(4-2)6-5-7/h7-15,18-19,34H,5-6,16-17H2,1-4H3,(H,33,38)(H,35,37);3-13,27H,1-2H3,(H,28,29)(H,30,31);1-10H,11H2,(H,19,20);5-6,8H,7H2,1-4H3,(H,16,17);1-7H;3,9H,1-2H3,(H,11,12);3-7H2,1-2H3/b25-19-;19-13-;;;;;. The number of anilines is 4. The highest BCUT2D eigenvalue weighted by Crippen LogP contribution is 2.45. The van der Waals surface area contributed by atoms with Crippen molar-refractivity contribution in [3.05, 3.63) is 336 Å². The van der Waals surface area contributed by atoms with Crippen molar-refractivity contribution < 1.29 is 57.9 Å². The van der Waals surface area contributed by atoms with Crippen LogP contribution in [-0.4, -0.2) is 153 Å². The number of rotatable bonds is 23. The number of carbonyl (C=O) groups is 8. The largest absolute Gasteiger partial charge is 0.494 e. The summed E-state index contributed by atoms with van der Waals surface area (Å²) in [6.45, 7) is 34.6. The molecule has 0 unspecified atom stereocenters. The molecule has 0 aliphatic carbocycles. The van der Waals surface area contributed by atoms with Gasteiger partial charge in [-0.15, -0.1) is 45.3 Å². The molecule has 0 atom stereocenters. The van der Waals surface area contributed by atoms with E-state index in [9.17, 15) is 43.5 Å². The fourth-order valence-corrected chi connectivity index (χ4v) is 21.6. The van der Waals surface area contributed by atoms with Gasteiger partial charge in [0, 0.05) is 123 Å². The van der Waals surface area contributed by atoms with E-state index in [2.05, 4.69) is 234 Å². The number of carboxylic acid groups (broad SMARTS) is 2. The molecule has 5 aliphatic heterocycles. The van der Waals surface area contributed by atoms with E-state index in [1.807, 2.05) is 151 Å². The quantitative estimate of drug-likeness (QED) is 0.0161. The highest BCUT2D eigenvalue weighted by atomic mass is 79.9. The number of hydrogen-bond acceptors (Lipinski definition) is 17. The van der Waals surface area contributed by atoms with Gasteiger partial charge in [0.1, 0.15) is 0 Å². The first kappa shape index (κ1) is 105. The molecular weight excluding hydrogens is 1930 g/mol. The normalized spacial score (nSPS) is 14.1. The Balaban J connectivity index is 0.000000140. The van der Waals surface area contributed by atoms with Crippen molar-refractivity contribution in [3.8, 4) is 73.1 Å². The van der Waals surface area contributed by atoms with E-state index in [4.69, 9.17) is 20.1 Å². The minimum Gasteiger partial charge on any atom is -0.478 e. The summed E-state index contributed by atoms with van der Waals surface area (Å²) < 4.78 is 13.2. The molecule has 20 rings (SSSR count). The van der Waals surface area contributed by atoms with Crippen LogP contribution in [0.25, 0.3) is 96.4 Å². The van der Waals surface area contributed by atoms with Crippen LogP contribution in [0.3, 0.4) is 0 Å². The van der Waals surface area contributed by atoms with Gasteiger partial charge in [0.2, 0.25) is 11.8 Å². The van der Waals surface area contributed by atoms with Crippen LogP contribution in [0.2, 0.25) is 0 Å². The Kier molecular flexibility index (Phi) is 34.8.